The van der Waals surface area contributed by atoms with Crippen molar-refractivity contribution in [3.05, 3.63) is 23.3 Å². The third kappa shape index (κ3) is 3.88. The van der Waals surface area contributed by atoms with E-state index in [1.165, 1.54) is 15.6 Å². The van der Waals surface area contributed by atoms with Crippen LogP contribution < -0.4 is 10.6 Å². The maximum Gasteiger partial charge on any atom is 0.219 e. The van der Waals surface area contributed by atoms with E-state index in [0.29, 0.717) is 37.7 Å². The van der Waals surface area contributed by atoms with Crippen molar-refractivity contribution in [1.29, 1.82) is 0 Å². The summed E-state index contributed by atoms with van der Waals surface area (Å²) in [5.41, 5.74) is 6.28. The van der Waals surface area contributed by atoms with Crippen LogP contribution in [0.4, 0.5) is 11.8 Å². The molecule has 1 aliphatic rings. The number of thiophene rings is 1. The molecule has 0 bridgehead atoms. The Morgan fingerprint density at radius 1 is 1.27 bits per heavy atom. The number of fused-ring (bicyclic) bond motifs is 1. The van der Waals surface area contributed by atoms with Crippen LogP contribution >= 0.6 is 11.3 Å². The molecular weight excluding hydrogens is 426 g/mol. The first-order valence-corrected chi connectivity index (χ1v) is 11.2. The molecule has 1 saturated heterocycles. The molecule has 1 unspecified atom stereocenters. The van der Waals surface area contributed by atoms with Gasteiger partial charge >= 0.3 is 0 Å². The molecule has 1 aliphatic heterocycles. The second-order valence-electron chi connectivity index (χ2n) is 7.40. The zero-order valence-corrected chi connectivity index (χ0v) is 18.5. The molecule has 12 heteroatoms. The topological polar surface area (TPSA) is 133 Å². The van der Waals surface area contributed by atoms with Crippen molar-refractivity contribution >= 4 is 44.6 Å². The SMILES string of the molecule is CN(S(=O)[O-])C(C)(C)c1cc2nc(-c3cnc(N)nc3)nc(N3CCOCC3)c2s1. The molecule has 0 amide bonds. The van der Waals surface area contributed by atoms with Crippen LogP contribution in [0.25, 0.3) is 21.6 Å². The highest BCUT2D eigenvalue weighted by Crippen LogP contribution is 2.40. The third-order valence-electron chi connectivity index (χ3n) is 5.21. The van der Waals surface area contributed by atoms with E-state index >= 15 is 0 Å². The largest absolute Gasteiger partial charge is 0.760 e. The number of nitrogens with two attached hydrogens (primary N) is 1. The fraction of sp³-hybridized carbons (Fsp3) is 0.444. The van der Waals surface area contributed by atoms with Crippen LogP contribution in [0.1, 0.15) is 18.7 Å². The van der Waals surface area contributed by atoms with Gasteiger partial charge in [0.15, 0.2) is 11.6 Å². The third-order valence-corrected chi connectivity index (χ3v) is 7.54. The monoisotopic (exact) mass is 448 g/mol. The van der Waals surface area contributed by atoms with Crippen molar-refractivity contribution < 1.29 is 13.5 Å². The molecule has 0 saturated carbocycles. The Labute approximate surface area is 180 Å². The van der Waals surface area contributed by atoms with Gasteiger partial charge in [-0.3, -0.25) is 4.21 Å². The van der Waals surface area contributed by atoms with Crippen molar-refractivity contribution in [1.82, 2.24) is 24.2 Å². The molecule has 1 atom stereocenters. The van der Waals surface area contributed by atoms with Gasteiger partial charge in [0, 0.05) is 41.6 Å². The lowest BCUT2D eigenvalue weighted by Crippen LogP contribution is -2.38. The van der Waals surface area contributed by atoms with Gasteiger partial charge < -0.3 is 19.9 Å². The lowest BCUT2D eigenvalue weighted by Gasteiger charge is -2.35. The summed E-state index contributed by atoms with van der Waals surface area (Å²) >= 11 is -0.846. The van der Waals surface area contributed by atoms with E-state index in [-0.39, 0.29) is 5.95 Å². The summed E-state index contributed by atoms with van der Waals surface area (Å²) in [5.74, 6) is 1.47. The molecule has 4 rings (SSSR count). The van der Waals surface area contributed by atoms with Crippen molar-refractivity contribution in [2.45, 2.75) is 19.4 Å². The maximum absolute atomic E-state index is 11.6. The number of rotatable bonds is 5. The van der Waals surface area contributed by atoms with E-state index in [1.807, 2.05) is 19.9 Å². The minimum Gasteiger partial charge on any atom is -0.760 e. The fourth-order valence-electron chi connectivity index (χ4n) is 3.13. The molecule has 0 spiro atoms. The lowest BCUT2D eigenvalue weighted by molar-refractivity contribution is 0.122. The van der Waals surface area contributed by atoms with Gasteiger partial charge in [0.2, 0.25) is 5.95 Å². The Morgan fingerprint density at radius 2 is 1.93 bits per heavy atom. The zero-order valence-electron chi connectivity index (χ0n) is 16.9. The summed E-state index contributed by atoms with van der Waals surface area (Å²) in [5, 5.41) is 0. The van der Waals surface area contributed by atoms with Gasteiger partial charge in [0.25, 0.3) is 0 Å². The Balaban J connectivity index is 1.87. The molecule has 160 valence electrons. The number of hydrogen-bond donors (Lipinski definition) is 1. The van der Waals surface area contributed by atoms with Gasteiger partial charge in [-0.05, 0) is 27.0 Å². The van der Waals surface area contributed by atoms with Gasteiger partial charge in [-0.1, -0.05) is 0 Å². The molecule has 0 aromatic carbocycles. The summed E-state index contributed by atoms with van der Waals surface area (Å²) in [6.07, 6.45) is 3.19. The molecule has 4 heterocycles. The molecule has 0 radical (unpaired) electrons. The Hall–Kier alpha value is -2.25. The van der Waals surface area contributed by atoms with E-state index in [4.69, 9.17) is 20.4 Å². The van der Waals surface area contributed by atoms with Gasteiger partial charge in [-0.25, -0.2) is 24.2 Å². The van der Waals surface area contributed by atoms with Gasteiger partial charge in [0.05, 0.1) is 34.5 Å². The molecule has 3 aromatic rings. The van der Waals surface area contributed by atoms with Gasteiger partial charge in [0.1, 0.15) is 0 Å². The maximum atomic E-state index is 11.6. The van der Waals surface area contributed by atoms with Crippen LogP contribution in [0.15, 0.2) is 18.5 Å². The van der Waals surface area contributed by atoms with E-state index in [1.54, 1.807) is 19.4 Å². The van der Waals surface area contributed by atoms with Gasteiger partial charge in [-0.15, -0.1) is 11.3 Å². The minimum atomic E-state index is -2.35. The van der Waals surface area contributed by atoms with Crippen LogP contribution in [0.3, 0.4) is 0 Å². The Kier molecular flexibility index (Phi) is 5.68. The van der Waals surface area contributed by atoms with E-state index in [9.17, 15) is 8.76 Å². The summed E-state index contributed by atoms with van der Waals surface area (Å²) in [4.78, 5) is 20.7. The second-order valence-corrected chi connectivity index (χ2v) is 9.43. The van der Waals surface area contributed by atoms with Crippen molar-refractivity contribution in [2.75, 3.05) is 44.0 Å². The Morgan fingerprint density at radius 3 is 2.57 bits per heavy atom. The lowest BCUT2D eigenvalue weighted by atomic mass is 10.0. The van der Waals surface area contributed by atoms with Crippen molar-refractivity contribution in [3.63, 3.8) is 0 Å². The van der Waals surface area contributed by atoms with Crippen LogP contribution in [0.5, 0.6) is 0 Å². The van der Waals surface area contributed by atoms with Crippen molar-refractivity contribution in [2.24, 2.45) is 0 Å². The normalized spacial score (nSPS) is 16.4. The predicted molar refractivity (Wildman–Crippen MR) is 116 cm³/mol. The van der Waals surface area contributed by atoms with Crippen LogP contribution in [-0.4, -0.2) is 66.4 Å². The quantitative estimate of drug-likeness (QED) is 0.577. The summed E-state index contributed by atoms with van der Waals surface area (Å²) in [7, 11) is 1.55. The van der Waals surface area contributed by atoms with E-state index in [2.05, 4.69) is 14.9 Å². The Bertz CT molecular complexity index is 1080. The number of ether oxygens (including phenoxy) is 1. The van der Waals surface area contributed by atoms with E-state index in [0.717, 1.165) is 20.9 Å². The number of nitrogens with zero attached hydrogens (tertiary/aromatic N) is 6. The minimum absolute atomic E-state index is 0.182. The molecular formula is C18H22N7O3S2-. The number of hydrogen-bond acceptors (Lipinski definition) is 10. The highest BCUT2D eigenvalue weighted by Gasteiger charge is 2.30. The average molecular weight is 449 g/mol. The number of aromatic nitrogens is 4. The zero-order chi connectivity index (χ0) is 21.5. The predicted octanol–water partition coefficient (Wildman–Crippen LogP) is 1.53. The molecule has 10 nitrogen and oxygen atoms in total. The first-order valence-electron chi connectivity index (χ1n) is 9.33. The highest BCUT2D eigenvalue weighted by atomic mass is 32.2. The van der Waals surface area contributed by atoms with Crippen LogP contribution in [0, 0.1) is 0 Å². The molecule has 30 heavy (non-hydrogen) atoms. The highest BCUT2D eigenvalue weighted by molar-refractivity contribution is 7.76. The van der Waals surface area contributed by atoms with E-state index < -0.39 is 16.8 Å². The van der Waals surface area contributed by atoms with Gasteiger partial charge in [-0.2, -0.15) is 0 Å². The number of nitrogen functional groups attached to an aromatic ring is 1. The summed E-state index contributed by atoms with van der Waals surface area (Å²) in [6.45, 7) is 6.39. The first-order chi connectivity index (χ1) is 14.3. The number of morpholine rings is 1. The van der Waals surface area contributed by atoms with Crippen LogP contribution in [0.2, 0.25) is 0 Å². The molecule has 0 aliphatic carbocycles. The molecule has 1 fully saturated rings. The standard InChI is InChI=1S/C18H23N7O3S2/c1-18(2,24(3)30(26)27)13-8-12-14(29-13)16(25-4-6-28-7-5-25)23-15(22-12)11-9-20-17(19)21-10-11/h8-10H,4-7H2,1-3H3,(H,26,27)(H2,19,20,21)/p-1. The summed E-state index contributed by atoms with van der Waals surface area (Å²) < 4.78 is 30.8. The smallest absolute Gasteiger partial charge is 0.219 e. The first kappa shape index (κ1) is 21.0. The molecule has 3 aromatic heterocycles. The molecule has 2 N–H and O–H groups in total. The van der Waals surface area contributed by atoms with Crippen LogP contribution in [-0.2, 0) is 21.5 Å². The summed E-state index contributed by atoms with van der Waals surface area (Å²) in [6, 6.07) is 1.93. The number of anilines is 2. The average Bonchev–Trinajstić information content (AvgIpc) is 3.18. The second kappa shape index (κ2) is 8.12. The van der Waals surface area contributed by atoms with Crippen molar-refractivity contribution in [3.8, 4) is 11.4 Å². The fourth-order valence-corrected chi connectivity index (χ4v) is 4.91.